The van der Waals surface area contributed by atoms with Gasteiger partial charge in [-0.2, -0.15) is 0 Å². The van der Waals surface area contributed by atoms with E-state index in [9.17, 15) is 0 Å². The van der Waals surface area contributed by atoms with E-state index in [1.165, 1.54) is 5.56 Å². The molecule has 1 fully saturated rings. The molecule has 1 aromatic rings. The summed E-state index contributed by atoms with van der Waals surface area (Å²) < 4.78 is 1.03. The maximum atomic E-state index is 6.16. The molecule has 1 heterocycles. The van der Waals surface area contributed by atoms with E-state index < -0.39 is 0 Å². The first kappa shape index (κ1) is 9.50. The quantitative estimate of drug-likeness (QED) is 0.817. The van der Waals surface area contributed by atoms with Crippen molar-refractivity contribution < 1.29 is 0 Å². The van der Waals surface area contributed by atoms with Crippen LogP contribution in [0.15, 0.2) is 22.7 Å². The van der Waals surface area contributed by atoms with Crippen LogP contribution in [-0.2, 0) is 5.54 Å². The van der Waals surface area contributed by atoms with Gasteiger partial charge in [0.15, 0.2) is 0 Å². The lowest BCUT2D eigenvalue weighted by Crippen LogP contribution is -2.51. The molecule has 0 bridgehead atoms. The summed E-state index contributed by atoms with van der Waals surface area (Å²) in [6.07, 6.45) is 1.16. The van der Waals surface area contributed by atoms with Crippen LogP contribution < -0.4 is 5.32 Å². The zero-order valence-electron chi connectivity index (χ0n) is 7.40. The van der Waals surface area contributed by atoms with Crippen molar-refractivity contribution in [2.75, 3.05) is 6.54 Å². The van der Waals surface area contributed by atoms with Gasteiger partial charge in [0.05, 0.1) is 0 Å². The maximum absolute atomic E-state index is 6.16. The second-order valence-electron chi connectivity index (χ2n) is 3.63. The Labute approximate surface area is 91.6 Å². The van der Waals surface area contributed by atoms with Gasteiger partial charge >= 0.3 is 0 Å². The molecule has 0 radical (unpaired) electrons. The first-order valence-electron chi connectivity index (χ1n) is 4.32. The predicted octanol–water partition coefficient (Wildman–Crippen LogP) is 3.31. The fraction of sp³-hybridized carbons (Fsp3) is 0.400. The molecule has 0 saturated carbocycles. The van der Waals surface area contributed by atoms with E-state index in [0.717, 1.165) is 22.5 Å². The first-order valence-corrected chi connectivity index (χ1v) is 5.49. The molecule has 0 aromatic heterocycles. The maximum Gasteiger partial charge on any atom is 0.0467 e. The van der Waals surface area contributed by atoms with Gasteiger partial charge in [-0.15, -0.1) is 0 Å². The molecule has 0 amide bonds. The minimum atomic E-state index is 0.0950. The van der Waals surface area contributed by atoms with E-state index in [0.29, 0.717) is 0 Å². The highest BCUT2D eigenvalue weighted by Gasteiger charge is 2.34. The lowest BCUT2D eigenvalue weighted by Gasteiger charge is -2.41. The average Bonchev–Trinajstić information content (AvgIpc) is 2.00. The van der Waals surface area contributed by atoms with Crippen LogP contribution in [0.3, 0.4) is 0 Å². The normalized spacial score (nSPS) is 27.0. The zero-order chi connectivity index (χ0) is 9.47. The molecule has 1 aromatic carbocycles. The van der Waals surface area contributed by atoms with E-state index in [4.69, 9.17) is 11.6 Å². The van der Waals surface area contributed by atoms with Crippen LogP contribution in [0.4, 0.5) is 0 Å². The molecule has 1 aliphatic heterocycles. The van der Waals surface area contributed by atoms with Gasteiger partial charge in [-0.05, 0) is 37.6 Å². The van der Waals surface area contributed by atoms with Gasteiger partial charge in [0.1, 0.15) is 0 Å². The van der Waals surface area contributed by atoms with Crippen molar-refractivity contribution in [3.63, 3.8) is 0 Å². The highest BCUT2D eigenvalue weighted by molar-refractivity contribution is 9.10. The van der Waals surface area contributed by atoms with Gasteiger partial charge in [-0.3, -0.25) is 0 Å². The fourth-order valence-corrected chi connectivity index (χ4v) is 2.55. The molecule has 0 spiro atoms. The predicted molar refractivity (Wildman–Crippen MR) is 59.1 cm³/mol. The van der Waals surface area contributed by atoms with Crippen LogP contribution in [0.2, 0.25) is 5.02 Å². The Balaban J connectivity index is 2.40. The Bertz CT molecular complexity index is 334. The molecular weight excluding hydrogens is 249 g/mol. The molecule has 1 atom stereocenters. The van der Waals surface area contributed by atoms with Crippen molar-refractivity contribution >= 4 is 27.5 Å². The number of hydrogen-bond donors (Lipinski definition) is 1. The molecular formula is C10H11BrClN. The lowest BCUT2D eigenvalue weighted by atomic mass is 9.83. The standard InChI is InChI=1S/C10H11BrClN/c1-10(4-5-13-10)8-3-2-7(11)6-9(8)12/h2-3,6,13H,4-5H2,1H3. The largest absolute Gasteiger partial charge is 0.307 e. The van der Waals surface area contributed by atoms with Gasteiger partial charge < -0.3 is 5.32 Å². The number of benzene rings is 1. The minimum absolute atomic E-state index is 0.0950. The van der Waals surface area contributed by atoms with Crippen molar-refractivity contribution in [1.29, 1.82) is 0 Å². The van der Waals surface area contributed by atoms with E-state index in [1.54, 1.807) is 0 Å². The van der Waals surface area contributed by atoms with E-state index >= 15 is 0 Å². The number of halogens is 2. The van der Waals surface area contributed by atoms with Crippen LogP contribution >= 0.6 is 27.5 Å². The summed E-state index contributed by atoms with van der Waals surface area (Å²) in [6.45, 7) is 3.27. The third kappa shape index (κ3) is 1.63. The third-order valence-corrected chi connectivity index (χ3v) is 3.47. The SMILES string of the molecule is CC1(c2ccc(Br)cc2Cl)CCN1. The van der Waals surface area contributed by atoms with Gasteiger partial charge in [-0.25, -0.2) is 0 Å². The summed E-state index contributed by atoms with van der Waals surface area (Å²) in [6, 6.07) is 6.06. The van der Waals surface area contributed by atoms with Crippen LogP contribution in [0.5, 0.6) is 0 Å². The molecule has 70 valence electrons. The van der Waals surface area contributed by atoms with Crippen LogP contribution in [-0.4, -0.2) is 6.54 Å². The van der Waals surface area contributed by atoms with Crippen molar-refractivity contribution in [2.24, 2.45) is 0 Å². The molecule has 13 heavy (non-hydrogen) atoms. The topological polar surface area (TPSA) is 12.0 Å². The van der Waals surface area contributed by atoms with Crippen molar-refractivity contribution in [3.05, 3.63) is 33.3 Å². The smallest absolute Gasteiger partial charge is 0.0467 e. The van der Waals surface area contributed by atoms with Crippen molar-refractivity contribution in [1.82, 2.24) is 5.32 Å². The van der Waals surface area contributed by atoms with Crippen LogP contribution in [0, 0.1) is 0 Å². The summed E-state index contributed by atoms with van der Waals surface area (Å²) in [5.74, 6) is 0. The average molecular weight is 261 g/mol. The van der Waals surface area contributed by atoms with Gasteiger partial charge in [-0.1, -0.05) is 33.6 Å². The zero-order valence-corrected chi connectivity index (χ0v) is 9.74. The Morgan fingerprint density at radius 3 is 2.69 bits per heavy atom. The molecule has 2 rings (SSSR count). The number of rotatable bonds is 1. The summed E-state index contributed by atoms with van der Waals surface area (Å²) in [7, 11) is 0. The molecule has 1 N–H and O–H groups in total. The molecule has 3 heteroatoms. The summed E-state index contributed by atoms with van der Waals surface area (Å²) in [5.41, 5.74) is 1.29. The molecule has 1 saturated heterocycles. The first-order chi connectivity index (χ1) is 6.12. The van der Waals surface area contributed by atoms with Crippen LogP contribution in [0.25, 0.3) is 0 Å². The van der Waals surface area contributed by atoms with E-state index in [1.807, 2.05) is 12.1 Å². The monoisotopic (exact) mass is 259 g/mol. The highest BCUT2D eigenvalue weighted by atomic mass is 79.9. The summed E-state index contributed by atoms with van der Waals surface area (Å²) in [4.78, 5) is 0. The highest BCUT2D eigenvalue weighted by Crippen LogP contribution is 2.36. The summed E-state index contributed by atoms with van der Waals surface area (Å²) in [5, 5.41) is 4.24. The number of hydrogen-bond acceptors (Lipinski definition) is 1. The van der Waals surface area contributed by atoms with E-state index in [2.05, 4.69) is 34.2 Å². The fourth-order valence-electron chi connectivity index (χ4n) is 1.67. The Kier molecular flexibility index (Phi) is 2.39. The minimum Gasteiger partial charge on any atom is -0.307 e. The number of nitrogens with one attached hydrogen (secondary N) is 1. The molecule has 0 aliphatic carbocycles. The van der Waals surface area contributed by atoms with Crippen LogP contribution in [0.1, 0.15) is 18.9 Å². The lowest BCUT2D eigenvalue weighted by molar-refractivity contribution is 0.237. The molecule has 1 aliphatic rings. The molecule has 1 nitrogen and oxygen atoms in total. The van der Waals surface area contributed by atoms with Crippen molar-refractivity contribution in [3.8, 4) is 0 Å². The Hall–Kier alpha value is -0.0500. The van der Waals surface area contributed by atoms with Crippen molar-refractivity contribution in [2.45, 2.75) is 18.9 Å². The van der Waals surface area contributed by atoms with Gasteiger partial charge in [0.2, 0.25) is 0 Å². The second kappa shape index (κ2) is 3.26. The van der Waals surface area contributed by atoms with E-state index in [-0.39, 0.29) is 5.54 Å². The van der Waals surface area contributed by atoms with Gasteiger partial charge in [0.25, 0.3) is 0 Å². The molecule has 1 unspecified atom stereocenters. The second-order valence-corrected chi connectivity index (χ2v) is 4.96. The Morgan fingerprint density at radius 2 is 2.23 bits per heavy atom. The third-order valence-electron chi connectivity index (χ3n) is 2.67. The Morgan fingerprint density at radius 1 is 1.54 bits per heavy atom. The summed E-state index contributed by atoms with van der Waals surface area (Å²) >= 11 is 9.55. The van der Waals surface area contributed by atoms with Gasteiger partial charge in [0, 0.05) is 15.0 Å².